The summed E-state index contributed by atoms with van der Waals surface area (Å²) in [5.74, 6) is 0.500. The number of ether oxygens (including phenoxy) is 2. The summed E-state index contributed by atoms with van der Waals surface area (Å²) in [7, 11) is 2.79. The third-order valence-corrected chi connectivity index (χ3v) is 3.58. The molecule has 1 aliphatic rings. The van der Waals surface area contributed by atoms with E-state index in [2.05, 4.69) is 24.7 Å². The smallest absolute Gasteiger partial charge is 0.311 e. The zero-order chi connectivity index (χ0) is 16.4. The van der Waals surface area contributed by atoms with Gasteiger partial charge in [0.1, 0.15) is 17.7 Å². The molecule has 2 aromatic heterocycles. The van der Waals surface area contributed by atoms with Crippen molar-refractivity contribution in [1.29, 1.82) is 0 Å². The molecule has 0 aliphatic heterocycles. The summed E-state index contributed by atoms with van der Waals surface area (Å²) >= 11 is 0. The fraction of sp³-hybridized carbons (Fsp3) is 0.400. The summed E-state index contributed by atoms with van der Waals surface area (Å²) in [4.78, 5) is 38.8. The van der Waals surface area contributed by atoms with Crippen LogP contribution in [-0.2, 0) is 16.0 Å². The Morgan fingerprint density at radius 3 is 2.78 bits per heavy atom. The molecule has 8 nitrogen and oxygen atoms in total. The average molecular weight is 316 g/mol. The van der Waals surface area contributed by atoms with Crippen LogP contribution in [0.4, 0.5) is 0 Å². The fourth-order valence-corrected chi connectivity index (χ4v) is 2.36. The van der Waals surface area contributed by atoms with E-state index in [4.69, 9.17) is 4.74 Å². The van der Waals surface area contributed by atoms with Crippen LogP contribution in [0.1, 0.15) is 30.1 Å². The minimum Gasteiger partial charge on any atom is -0.480 e. The van der Waals surface area contributed by atoms with Crippen molar-refractivity contribution >= 4 is 5.97 Å². The second-order valence-electron chi connectivity index (χ2n) is 5.26. The van der Waals surface area contributed by atoms with Gasteiger partial charge in [0, 0.05) is 12.0 Å². The number of nitrogens with one attached hydrogen (secondary N) is 1. The van der Waals surface area contributed by atoms with Crippen LogP contribution in [0.2, 0.25) is 0 Å². The molecule has 1 fully saturated rings. The molecule has 0 spiro atoms. The van der Waals surface area contributed by atoms with Crippen LogP contribution < -0.4 is 10.3 Å². The van der Waals surface area contributed by atoms with Crippen LogP contribution in [0.15, 0.2) is 17.2 Å². The molecule has 8 heteroatoms. The van der Waals surface area contributed by atoms with E-state index in [9.17, 15) is 9.59 Å². The highest BCUT2D eigenvalue weighted by molar-refractivity contribution is 5.72. The minimum absolute atomic E-state index is 0.0812. The maximum absolute atomic E-state index is 11.9. The van der Waals surface area contributed by atoms with Crippen molar-refractivity contribution in [1.82, 2.24) is 19.9 Å². The Kier molecular flexibility index (Phi) is 4.05. The molecule has 0 saturated heterocycles. The fourth-order valence-electron chi connectivity index (χ4n) is 2.36. The van der Waals surface area contributed by atoms with Gasteiger partial charge in [-0.1, -0.05) is 0 Å². The summed E-state index contributed by atoms with van der Waals surface area (Å²) in [6.45, 7) is 0. The first-order valence-corrected chi connectivity index (χ1v) is 7.18. The summed E-state index contributed by atoms with van der Waals surface area (Å²) < 4.78 is 9.91. The number of rotatable bonds is 5. The molecular formula is C15H16N4O4. The number of esters is 1. The van der Waals surface area contributed by atoms with Crippen LogP contribution >= 0.6 is 0 Å². The first-order valence-electron chi connectivity index (χ1n) is 7.18. The lowest BCUT2D eigenvalue weighted by molar-refractivity contribution is -0.139. The molecule has 2 heterocycles. The largest absolute Gasteiger partial charge is 0.480 e. The molecule has 0 bridgehead atoms. The van der Waals surface area contributed by atoms with Crippen molar-refractivity contribution in [2.45, 2.75) is 25.2 Å². The lowest BCUT2D eigenvalue weighted by atomic mass is 10.1. The summed E-state index contributed by atoms with van der Waals surface area (Å²) in [6.07, 6.45) is 3.41. The monoisotopic (exact) mass is 316 g/mol. The van der Waals surface area contributed by atoms with E-state index in [0.717, 1.165) is 18.5 Å². The second kappa shape index (κ2) is 6.15. The molecule has 1 aliphatic carbocycles. The summed E-state index contributed by atoms with van der Waals surface area (Å²) in [5.41, 5.74) is 1.33. The van der Waals surface area contributed by atoms with Crippen LogP contribution in [0.25, 0.3) is 11.4 Å². The van der Waals surface area contributed by atoms with E-state index in [1.54, 1.807) is 0 Å². The molecule has 0 radical (unpaired) electrons. The number of carbonyl (C=O) groups is 1. The zero-order valence-electron chi connectivity index (χ0n) is 12.8. The lowest BCUT2D eigenvalue weighted by Crippen LogP contribution is -2.15. The van der Waals surface area contributed by atoms with Gasteiger partial charge in [-0.25, -0.2) is 15.0 Å². The summed E-state index contributed by atoms with van der Waals surface area (Å²) in [5, 5.41) is 0. The number of aromatic amines is 1. The Hall–Kier alpha value is -2.77. The Bertz CT molecular complexity index is 798. The Morgan fingerprint density at radius 2 is 2.13 bits per heavy atom. The van der Waals surface area contributed by atoms with Gasteiger partial charge in [-0.3, -0.25) is 9.59 Å². The minimum atomic E-state index is -0.465. The first kappa shape index (κ1) is 15.1. The van der Waals surface area contributed by atoms with Crippen molar-refractivity contribution in [3.05, 3.63) is 34.1 Å². The predicted molar refractivity (Wildman–Crippen MR) is 80.1 cm³/mol. The SMILES string of the molecule is COC(=O)Cc1cc(=O)[nH]c(-c2c(OC)ncnc2C2CC2)n1. The maximum atomic E-state index is 11.9. The predicted octanol–water partition coefficient (Wildman–Crippen LogP) is 0.828. The van der Waals surface area contributed by atoms with E-state index in [0.29, 0.717) is 28.9 Å². The second-order valence-corrected chi connectivity index (χ2v) is 5.26. The summed E-state index contributed by atoms with van der Waals surface area (Å²) in [6, 6.07) is 1.27. The van der Waals surface area contributed by atoms with E-state index < -0.39 is 5.97 Å². The van der Waals surface area contributed by atoms with Gasteiger partial charge in [0.15, 0.2) is 0 Å². The normalized spacial score (nSPS) is 13.7. The number of carbonyl (C=O) groups excluding carboxylic acids is 1. The number of H-pyrrole nitrogens is 1. The topological polar surface area (TPSA) is 107 Å². The van der Waals surface area contributed by atoms with Crippen molar-refractivity contribution in [3.8, 4) is 17.3 Å². The highest BCUT2D eigenvalue weighted by atomic mass is 16.5. The average Bonchev–Trinajstić information content (AvgIpc) is 3.38. The van der Waals surface area contributed by atoms with Gasteiger partial charge >= 0.3 is 5.97 Å². The van der Waals surface area contributed by atoms with E-state index in [1.807, 2.05) is 0 Å². The van der Waals surface area contributed by atoms with E-state index >= 15 is 0 Å². The van der Waals surface area contributed by atoms with Crippen molar-refractivity contribution < 1.29 is 14.3 Å². The third kappa shape index (κ3) is 3.20. The lowest BCUT2D eigenvalue weighted by Gasteiger charge is -2.11. The van der Waals surface area contributed by atoms with Gasteiger partial charge in [-0.15, -0.1) is 0 Å². The van der Waals surface area contributed by atoms with Crippen molar-refractivity contribution in [2.24, 2.45) is 0 Å². The quantitative estimate of drug-likeness (QED) is 0.814. The molecule has 0 unspecified atom stereocenters. The number of hydrogen-bond donors (Lipinski definition) is 1. The molecule has 120 valence electrons. The van der Waals surface area contributed by atoms with Gasteiger partial charge in [0.2, 0.25) is 5.88 Å². The highest BCUT2D eigenvalue weighted by Crippen LogP contribution is 2.44. The van der Waals surface area contributed by atoms with Crippen LogP contribution in [0, 0.1) is 0 Å². The first-order chi connectivity index (χ1) is 11.1. The van der Waals surface area contributed by atoms with Crippen LogP contribution in [0.5, 0.6) is 5.88 Å². The number of aromatic nitrogens is 4. The standard InChI is InChI=1S/C15H16N4O4/c1-22-11(21)6-9-5-10(20)19-14(18-9)12-13(8-3-4-8)16-7-17-15(12)23-2/h5,7-8H,3-4,6H2,1-2H3,(H,18,19,20). The van der Waals surface area contributed by atoms with E-state index in [-0.39, 0.29) is 12.0 Å². The highest BCUT2D eigenvalue weighted by Gasteiger charge is 2.31. The maximum Gasteiger partial charge on any atom is 0.311 e. The number of methoxy groups -OCH3 is 2. The van der Waals surface area contributed by atoms with Gasteiger partial charge in [-0.2, -0.15) is 0 Å². The number of nitrogens with zero attached hydrogens (tertiary/aromatic N) is 3. The Balaban J connectivity index is 2.11. The third-order valence-electron chi connectivity index (χ3n) is 3.58. The molecule has 3 rings (SSSR count). The van der Waals surface area contributed by atoms with Gasteiger partial charge in [0.25, 0.3) is 5.56 Å². The molecule has 23 heavy (non-hydrogen) atoms. The van der Waals surface area contributed by atoms with Crippen molar-refractivity contribution in [3.63, 3.8) is 0 Å². The van der Waals surface area contributed by atoms with Gasteiger partial charge < -0.3 is 14.5 Å². The molecule has 2 aromatic rings. The molecule has 0 atom stereocenters. The molecule has 1 saturated carbocycles. The molecule has 0 aromatic carbocycles. The number of hydrogen-bond acceptors (Lipinski definition) is 7. The Morgan fingerprint density at radius 1 is 1.35 bits per heavy atom. The van der Waals surface area contributed by atoms with Gasteiger partial charge in [0.05, 0.1) is 32.0 Å². The van der Waals surface area contributed by atoms with Crippen molar-refractivity contribution in [2.75, 3.05) is 14.2 Å². The molecular weight excluding hydrogens is 300 g/mol. The van der Waals surface area contributed by atoms with Gasteiger partial charge in [-0.05, 0) is 12.8 Å². The Labute approximate surface area is 131 Å². The van der Waals surface area contributed by atoms with E-state index in [1.165, 1.54) is 26.6 Å². The zero-order valence-corrected chi connectivity index (χ0v) is 12.8. The van der Waals surface area contributed by atoms with Crippen LogP contribution in [-0.4, -0.2) is 40.1 Å². The molecule has 1 N–H and O–H groups in total. The van der Waals surface area contributed by atoms with Crippen LogP contribution in [0.3, 0.4) is 0 Å². The molecule has 0 amide bonds.